The largest absolute Gasteiger partial charge is 0.325 e. The summed E-state index contributed by atoms with van der Waals surface area (Å²) in [6, 6.07) is 25.3. The summed E-state index contributed by atoms with van der Waals surface area (Å²) in [7, 11) is -3.64. The molecule has 4 rings (SSSR count). The van der Waals surface area contributed by atoms with E-state index < -0.39 is 27.3 Å². The van der Waals surface area contributed by atoms with Crippen LogP contribution in [0.4, 0.5) is 4.79 Å². The summed E-state index contributed by atoms with van der Waals surface area (Å²) in [5.41, 5.74) is -0.165. The predicted molar refractivity (Wildman–Crippen MR) is 112 cm³/mol. The Hall–Kier alpha value is -3.45. The lowest BCUT2D eigenvalue weighted by Crippen LogP contribution is -2.45. The van der Waals surface area contributed by atoms with Gasteiger partial charge in [0.05, 0.1) is 10.6 Å². The molecule has 6 nitrogen and oxygen atoms in total. The number of carbonyl (C=O) groups excluding carboxylic acids is 2. The number of benzene rings is 3. The SMILES string of the molecule is O=C1NC(c2ccccc2)(c2ccccc2)C(=O)N1CCS(=O)(=O)c1ccccc1. The Morgan fingerprint density at radius 2 is 1.20 bits per heavy atom. The summed E-state index contributed by atoms with van der Waals surface area (Å²) in [6.07, 6.45) is 0. The van der Waals surface area contributed by atoms with Gasteiger partial charge in [0.25, 0.3) is 5.91 Å². The average molecular weight is 420 g/mol. The van der Waals surface area contributed by atoms with Gasteiger partial charge >= 0.3 is 6.03 Å². The predicted octanol–water partition coefficient (Wildman–Crippen LogP) is 2.96. The normalized spacial score (nSPS) is 15.8. The van der Waals surface area contributed by atoms with Crippen LogP contribution in [0.3, 0.4) is 0 Å². The van der Waals surface area contributed by atoms with Crippen molar-refractivity contribution in [1.82, 2.24) is 10.2 Å². The van der Waals surface area contributed by atoms with Crippen molar-refractivity contribution in [3.63, 3.8) is 0 Å². The zero-order valence-electron chi connectivity index (χ0n) is 16.1. The second-order valence-corrected chi connectivity index (χ2v) is 9.11. The van der Waals surface area contributed by atoms with Crippen LogP contribution in [0, 0.1) is 0 Å². The summed E-state index contributed by atoms with van der Waals surface area (Å²) in [4.78, 5) is 27.5. The summed E-state index contributed by atoms with van der Waals surface area (Å²) in [6.45, 7) is -0.233. The molecule has 7 heteroatoms. The maximum Gasteiger partial charge on any atom is 0.325 e. The molecule has 1 saturated heterocycles. The molecule has 0 radical (unpaired) electrons. The molecule has 30 heavy (non-hydrogen) atoms. The molecule has 152 valence electrons. The Balaban J connectivity index is 1.68. The highest BCUT2D eigenvalue weighted by Crippen LogP contribution is 2.36. The van der Waals surface area contributed by atoms with Gasteiger partial charge in [0.15, 0.2) is 15.4 Å². The number of amides is 3. The fraction of sp³-hybridized carbons (Fsp3) is 0.130. The fourth-order valence-corrected chi connectivity index (χ4v) is 4.90. The van der Waals surface area contributed by atoms with E-state index in [1.54, 1.807) is 66.7 Å². The molecule has 1 aliphatic rings. The number of nitrogens with one attached hydrogen (secondary N) is 1. The molecule has 0 unspecified atom stereocenters. The molecule has 0 aromatic heterocycles. The van der Waals surface area contributed by atoms with E-state index in [2.05, 4.69) is 5.32 Å². The molecular formula is C23H20N2O4S. The third-order valence-electron chi connectivity index (χ3n) is 5.21. The zero-order valence-corrected chi connectivity index (χ0v) is 16.9. The molecule has 1 fully saturated rings. The van der Waals surface area contributed by atoms with Gasteiger partial charge in [0, 0.05) is 6.54 Å². The number of carbonyl (C=O) groups is 2. The van der Waals surface area contributed by atoms with Gasteiger partial charge in [-0.2, -0.15) is 0 Å². The molecule has 3 aromatic carbocycles. The van der Waals surface area contributed by atoms with Crippen molar-refractivity contribution in [2.24, 2.45) is 0 Å². The van der Waals surface area contributed by atoms with Crippen molar-refractivity contribution < 1.29 is 18.0 Å². The standard InChI is InChI=1S/C23H20N2O4S/c26-21-23(18-10-4-1-5-11-18,19-12-6-2-7-13-19)24-22(27)25(21)16-17-30(28,29)20-14-8-3-9-15-20/h1-15H,16-17H2,(H,24,27). The Bertz CT molecular complexity index is 1120. The maximum atomic E-state index is 13.5. The Kier molecular flexibility index (Phi) is 5.13. The first-order valence-electron chi connectivity index (χ1n) is 9.48. The molecule has 3 amide bonds. The van der Waals surface area contributed by atoms with E-state index in [4.69, 9.17) is 0 Å². The number of urea groups is 1. The number of rotatable bonds is 6. The van der Waals surface area contributed by atoms with Crippen LogP contribution in [-0.2, 0) is 20.2 Å². The van der Waals surface area contributed by atoms with Gasteiger partial charge < -0.3 is 5.32 Å². The quantitative estimate of drug-likeness (QED) is 0.622. The first-order valence-corrected chi connectivity index (χ1v) is 11.1. The highest BCUT2D eigenvalue weighted by molar-refractivity contribution is 7.91. The lowest BCUT2D eigenvalue weighted by molar-refractivity contribution is -0.130. The minimum Gasteiger partial charge on any atom is -0.315 e. The van der Waals surface area contributed by atoms with Gasteiger partial charge in [-0.1, -0.05) is 78.9 Å². The van der Waals surface area contributed by atoms with Crippen LogP contribution in [0.15, 0.2) is 95.9 Å². The van der Waals surface area contributed by atoms with E-state index in [1.807, 2.05) is 12.1 Å². The number of imide groups is 1. The van der Waals surface area contributed by atoms with Gasteiger partial charge in [-0.3, -0.25) is 9.69 Å². The number of sulfone groups is 1. The van der Waals surface area contributed by atoms with Gasteiger partial charge in [0.2, 0.25) is 0 Å². The van der Waals surface area contributed by atoms with Crippen LogP contribution in [0.25, 0.3) is 0 Å². The minimum absolute atomic E-state index is 0.162. The highest BCUT2D eigenvalue weighted by atomic mass is 32.2. The first kappa shape index (κ1) is 19.8. The van der Waals surface area contributed by atoms with E-state index in [1.165, 1.54) is 12.1 Å². The van der Waals surface area contributed by atoms with Crippen LogP contribution in [-0.4, -0.2) is 37.6 Å². The summed E-state index contributed by atoms with van der Waals surface area (Å²) >= 11 is 0. The lowest BCUT2D eigenvalue weighted by Gasteiger charge is -2.28. The van der Waals surface area contributed by atoms with Crippen LogP contribution >= 0.6 is 0 Å². The van der Waals surface area contributed by atoms with Crippen LogP contribution in [0.5, 0.6) is 0 Å². The third kappa shape index (κ3) is 3.37. The molecule has 0 bridgehead atoms. The smallest absolute Gasteiger partial charge is 0.315 e. The Labute approximate surface area is 175 Å². The summed E-state index contributed by atoms with van der Waals surface area (Å²) in [5, 5.41) is 2.82. The van der Waals surface area contributed by atoms with Gasteiger partial charge in [-0.05, 0) is 23.3 Å². The van der Waals surface area contributed by atoms with Crippen molar-refractivity contribution in [2.45, 2.75) is 10.4 Å². The van der Waals surface area contributed by atoms with Crippen molar-refractivity contribution in [2.75, 3.05) is 12.3 Å². The molecule has 1 aliphatic heterocycles. The number of hydrogen-bond acceptors (Lipinski definition) is 4. The Morgan fingerprint density at radius 3 is 1.70 bits per heavy atom. The second-order valence-electron chi connectivity index (χ2n) is 7.00. The van der Waals surface area contributed by atoms with Crippen molar-refractivity contribution in [3.05, 3.63) is 102 Å². The molecule has 1 N–H and O–H groups in total. The van der Waals surface area contributed by atoms with Gasteiger partial charge in [0.1, 0.15) is 0 Å². The van der Waals surface area contributed by atoms with Crippen LogP contribution < -0.4 is 5.32 Å². The van der Waals surface area contributed by atoms with E-state index in [0.29, 0.717) is 11.1 Å². The zero-order chi connectivity index (χ0) is 21.2. The molecule has 1 heterocycles. The first-order chi connectivity index (χ1) is 14.4. The van der Waals surface area contributed by atoms with Crippen molar-refractivity contribution in [3.8, 4) is 0 Å². The molecule has 0 atom stereocenters. The molecule has 0 saturated carbocycles. The molecule has 3 aromatic rings. The van der Waals surface area contributed by atoms with Crippen molar-refractivity contribution in [1.29, 1.82) is 0 Å². The summed E-state index contributed by atoms with van der Waals surface area (Å²) in [5.74, 6) is -0.844. The van der Waals surface area contributed by atoms with Gasteiger partial charge in [-0.15, -0.1) is 0 Å². The number of nitrogens with zero attached hydrogens (tertiary/aromatic N) is 1. The molecule has 0 spiro atoms. The number of hydrogen-bond donors (Lipinski definition) is 1. The molecule has 0 aliphatic carbocycles. The molecular weight excluding hydrogens is 400 g/mol. The van der Waals surface area contributed by atoms with Gasteiger partial charge in [-0.25, -0.2) is 13.2 Å². The third-order valence-corrected chi connectivity index (χ3v) is 6.92. The van der Waals surface area contributed by atoms with Crippen LogP contribution in [0.1, 0.15) is 11.1 Å². The fourth-order valence-electron chi connectivity index (χ4n) is 3.67. The second kappa shape index (κ2) is 7.76. The van der Waals surface area contributed by atoms with E-state index in [0.717, 1.165) is 4.90 Å². The maximum absolute atomic E-state index is 13.5. The lowest BCUT2D eigenvalue weighted by atomic mass is 9.82. The minimum atomic E-state index is -3.64. The van der Waals surface area contributed by atoms with E-state index >= 15 is 0 Å². The average Bonchev–Trinajstić information content (AvgIpc) is 3.05. The van der Waals surface area contributed by atoms with E-state index in [9.17, 15) is 18.0 Å². The Morgan fingerprint density at radius 1 is 0.733 bits per heavy atom. The monoisotopic (exact) mass is 420 g/mol. The van der Waals surface area contributed by atoms with Crippen LogP contribution in [0.2, 0.25) is 0 Å². The topological polar surface area (TPSA) is 83.6 Å². The van der Waals surface area contributed by atoms with Crippen molar-refractivity contribution >= 4 is 21.8 Å². The van der Waals surface area contributed by atoms with E-state index in [-0.39, 0.29) is 17.2 Å². The highest BCUT2D eigenvalue weighted by Gasteiger charge is 2.53. The summed E-state index contributed by atoms with van der Waals surface area (Å²) < 4.78 is 25.3.